The summed E-state index contributed by atoms with van der Waals surface area (Å²) in [4.78, 5) is 21.6. The number of carbonyl (C=O) groups is 1. The minimum Gasteiger partial charge on any atom is -0.496 e. The van der Waals surface area contributed by atoms with Gasteiger partial charge >= 0.3 is 0 Å². The fraction of sp³-hybridized carbons (Fsp3) is 0.261. The van der Waals surface area contributed by atoms with Gasteiger partial charge in [-0.05, 0) is 36.1 Å². The largest absolute Gasteiger partial charge is 0.496 e. The first-order valence-electron chi connectivity index (χ1n) is 10.0. The van der Waals surface area contributed by atoms with Gasteiger partial charge in [-0.1, -0.05) is 30.7 Å². The van der Waals surface area contributed by atoms with Crippen LogP contribution in [0.3, 0.4) is 0 Å². The number of nitrogens with one attached hydrogen (secondary N) is 1. The van der Waals surface area contributed by atoms with Gasteiger partial charge < -0.3 is 15.0 Å². The van der Waals surface area contributed by atoms with Crippen molar-refractivity contribution in [3.05, 3.63) is 58.6 Å². The molecule has 2 heterocycles. The van der Waals surface area contributed by atoms with E-state index in [2.05, 4.69) is 21.4 Å². The molecule has 0 aliphatic carbocycles. The highest BCUT2D eigenvalue weighted by atomic mass is 35.5. The van der Waals surface area contributed by atoms with E-state index in [0.717, 1.165) is 29.5 Å². The summed E-state index contributed by atoms with van der Waals surface area (Å²) in [6.07, 6.45) is 5.77. The number of aromatic nitrogens is 2. The number of fused-ring (bicyclic) bond motifs is 1. The molecule has 0 saturated carbocycles. The zero-order valence-electron chi connectivity index (χ0n) is 17.3. The Balaban J connectivity index is 1.80. The van der Waals surface area contributed by atoms with Crippen LogP contribution in [0.5, 0.6) is 5.75 Å². The number of methoxy groups -OCH3 is 1. The molecule has 0 spiro atoms. The highest BCUT2D eigenvalue weighted by molar-refractivity contribution is 6.31. The van der Waals surface area contributed by atoms with Crippen molar-refractivity contribution >= 4 is 46.0 Å². The molecule has 0 unspecified atom stereocenters. The van der Waals surface area contributed by atoms with Crippen LogP contribution in [0.4, 0.5) is 15.9 Å². The smallest absolute Gasteiger partial charge is 0.210 e. The molecule has 2 aromatic carbocycles. The van der Waals surface area contributed by atoms with E-state index in [0.29, 0.717) is 42.0 Å². The highest BCUT2D eigenvalue weighted by Crippen LogP contribution is 2.36. The summed E-state index contributed by atoms with van der Waals surface area (Å²) in [6.45, 7) is 3.10. The van der Waals surface area contributed by atoms with Crippen molar-refractivity contribution in [2.75, 3.05) is 25.5 Å². The second-order valence-electron chi connectivity index (χ2n) is 7.26. The van der Waals surface area contributed by atoms with Crippen LogP contribution in [0, 0.1) is 5.82 Å². The van der Waals surface area contributed by atoms with E-state index in [4.69, 9.17) is 16.3 Å². The number of halogens is 2. The number of anilines is 2. The van der Waals surface area contributed by atoms with Gasteiger partial charge in [-0.25, -0.2) is 14.4 Å². The molecular formula is C23H22ClFN4O2. The van der Waals surface area contributed by atoms with Gasteiger partial charge in [-0.2, -0.15) is 0 Å². The van der Waals surface area contributed by atoms with E-state index in [9.17, 15) is 9.18 Å². The quantitative estimate of drug-likeness (QED) is 0.547. The molecule has 31 heavy (non-hydrogen) atoms. The van der Waals surface area contributed by atoms with Crippen molar-refractivity contribution in [1.29, 1.82) is 0 Å². The lowest BCUT2D eigenvalue weighted by Gasteiger charge is -2.25. The standard InChI is InChI=1S/C23H22ClFN4O2/c1-3-14-6-7-18(22(25)21(14)24)28-23-17-9-16(15-5-4-8-29(11-15)13-30)20(31-2)10-19(17)26-12-27-23/h5-7,9-10,12-13H,3-4,8,11H2,1-2H3,(H,26,27,28). The number of hydrogen-bond donors (Lipinski definition) is 1. The maximum absolute atomic E-state index is 14.8. The monoisotopic (exact) mass is 440 g/mol. The van der Waals surface area contributed by atoms with Crippen molar-refractivity contribution in [2.24, 2.45) is 0 Å². The number of ether oxygens (including phenoxy) is 1. The Bertz CT molecular complexity index is 1180. The molecule has 4 rings (SSSR count). The summed E-state index contributed by atoms with van der Waals surface area (Å²) >= 11 is 6.17. The average molecular weight is 441 g/mol. The Morgan fingerprint density at radius 2 is 2.16 bits per heavy atom. The van der Waals surface area contributed by atoms with Gasteiger partial charge in [0.1, 0.15) is 17.9 Å². The van der Waals surface area contributed by atoms with Crippen molar-refractivity contribution in [2.45, 2.75) is 19.8 Å². The summed E-state index contributed by atoms with van der Waals surface area (Å²) in [5.74, 6) is 0.590. The lowest BCUT2D eigenvalue weighted by atomic mass is 9.98. The molecular weight excluding hydrogens is 419 g/mol. The number of benzene rings is 2. The first-order valence-corrected chi connectivity index (χ1v) is 10.4. The number of hydrogen-bond acceptors (Lipinski definition) is 5. The molecule has 6 nitrogen and oxygen atoms in total. The van der Waals surface area contributed by atoms with Crippen LogP contribution >= 0.6 is 11.6 Å². The van der Waals surface area contributed by atoms with Gasteiger partial charge in [0.15, 0.2) is 5.82 Å². The van der Waals surface area contributed by atoms with E-state index < -0.39 is 5.82 Å². The third kappa shape index (κ3) is 4.05. The maximum Gasteiger partial charge on any atom is 0.210 e. The van der Waals surface area contributed by atoms with E-state index in [1.54, 1.807) is 24.1 Å². The van der Waals surface area contributed by atoms with Gasteiger partial charge in [0, 0.05) is 30.1 Å². The zero-order valence-corrected chi connectivity index (χ0v) is 18.0. The molecule has 8 heteroatoms. The van der Waals surface area contributed by atoms with Crippen molar-refractivity contribution in [3.8, 4) is 5.75 Å². The van der Waals surface area contributed by atoms with Crippen LogP contribution in [0.25, 0.3) is 16.5 Å². The van der Waals surface area contributed by atoms with Crippen LogP contribution in [0.2, 0.25) is 5.02 Å². The summed E-state index contributed by atoms with van der Waals surface area (Å²) in [7, 11) is 1.60. The SMILES string of the molecule is CCc1ccc(Nc2ncnc3cc(OC)c(C4=CCCN(C=O)C4)cc23)c(F)c1Cl. The van der Waals surface area contributed by atoms with Gasteiger partial charge in [-0.3, -0.25) is 4.79 Å². The Labute approximate surface area is 184 Å². The molecule has 0 atom stereocenters. The topological polar surface area (TPSA) is 67.4 Å². The highest BCUT2D eigenvalue weighted by Gasteiger charge is 2.19. The molecule has 0 fully saturated rings. The van der Waals surface area contributed by atoms with Gasteiger partial charge in [0.25, 0.3) is 0 Å². The van der Waals surface area contributed by atoms with Gasteiger partial charge in [0.05, 0.1) is 23.3 Å². The number of nitrogens with zero attached hydrogens (tertiary/aromatic N) is 3. The molecule has 1 amide bonds. The zero-order chi connectivity index (χ0) is 22.0. The van der Waals surface area contributed by atoms with E-state index in [-0.39, 0.29) is 10.7 Å². The predicted octanol–water partition coefficient (Wildman–Crippen LogP) is 4.98. The lowest BCUT2D eigenvalue weighted by molar-refractivity contribution is -0.117. The van der Waals surface area contributed by atoms with Crippen LogP contribution < -0.4 is 10.1 Å². The molecule has 0 bridgehead atoms. The third-order valence-corrected chi connectivity index (χ3v) is 5.84. The Morgan fingerprint density at radius 1 is 1.32 bits per heavy atom. The molecule has 1 aromatic heterocycles. The fourth-order valence-corrected chi connectivity index (χ4v) is 4.04. The Kier molecular flexibility index (Phi) is 6.04. The number of aryl methyl sites for hydroxylation is 1. The van der Waals surface area contributed by atoms with Crippen LogP contribution in [-0.2, 0) is 11.2 Å². The first-order chi connectivity index (χ1) is 15.0. The number of amides is 1. The Morgan fingerprint density at radius 3 is 2.90 bits per heavy atom. The average Bonchev–Trinajstić information content (AvgIpc) is 2.81. The van der Waals surface area contributed by atoms with E-state index in [1.807, 2.05) is 19.1 Å². The second kappa shape index (κ2) is 8.89. The van der Waals surface area contributed by atoms with Crippen LogP contribution in [-0.4, -0.2) is 41.5 Å². The normalized spacial score (nSPS) is 13.8. The van der Waals surface area contributed by atoms with Gasteiger partial charge in [0.2, 0.25) is 6.41 Å². The molecule has 1 aliphatic rings. The summed E-state index contributed by atoms with van der Waals surface area (Å²) in [5, 5.41) is 3.87. The van der Waals surface area contributed by atoms with Crippen molar-refractivity contribution in [3.63, 3.8) is 0 Å². The van der Waals surface area contributed by atoms with Crippen LogP contribution in [0.15, 0.2) is 36.7 Å². The molecule has 1 aliphatic heterocycles. The number of carbonyl (C=O) groups excluding carboxylic acids is 1. The first kappa shape index (κ1) is 21.1. The van der Waals surface area contributed by atoms with E-state index >= 15 is 0 Å². The van der Waals surface area contributed by atoms with Crippen molar-refractivity contribution < 1.29 is 13.9 Å². The summed E-state index contributed by atoms with van der Waals surface area (Å²) < 4.78 is 20.4. The fourth-order valence-electron chi connectivity index (χ4n) is 3.74. The third-order valence-electron chi connectivity index (χ3n) is 5.43. The second-order valence-corrected chi connectivity index (χ2v) is 7.64. The minimum atomic E-state index is -0.516. The molecule has 1 N–H and O–H groups in total. The van der Waals surface area contributed by atoms with E-state index in [1.165, 1.54) is 6.33 Å². The summed E-state index contributed by atoms with van der Waals surface area (Å²) in [5.41, 5.74) is 3.46. The van der Waals surface area contributed by atoms with Crippen LogP contribution in [0.1, 0.15) is 24.5 Å². The number of rotatable bonds is 6. The Hall–Kier alpha value is -3.19. The van der Waals surface area contributed by atoms with Gasteiger partial charge in [-0.15, -0.1) is 0 Å². The van der Waals surface area contributed by atoms with Crippen molar-refractivity contribution in [1.82, 2.24) is 14.9 Å². The summed E-state index contributed by atoms with van der Waals surface area (Å²) in [6, 6.07) is 7.19. The maximum atomic E-state index is 14.8. The molecule has 3 aromatic rings. The lowest BCUT2D eigenvalue weighted by Crippen LogP contribution is -2.28. The minimum absolute atomic E-state index is 0.106. The molecule has 0 radical (unpaired) electrons. The molecule has 0 saturated heterocycles. The predicted molar refractivity (Wildman–Crippen MR) is 120 cm³/mol. The molecule has 160 valence electrons.